The van der Waals surface area contributed by atoms with Crippen LogP contribution in [0.5, 0.6) is 0 Å². The minimum atomic E-state index is -3.77. The number of H-pyrrole nitrogens is 1. The Kier molecular flexibility index (Phi) is 4.09. The summed E-state index contributed by atoms with van der Waals surface area (Å²) < 4.78 is 27.1. The topological polar surface area (TPSA) is 139 Å². The zero-order chi connectivity index (χ0) is 13.9. The standard InChI is InChI=1S/C8H10BrN7O2S/c9-5-1-6(8(15-10)11-2-5)19(17,18)14-3-7-12-4-13-16-7/h1-2,4,14H,3,10H2,(H,11,15)(H,12,13,16). The van der Waals surface area contributed by atoms with Crippen LogP contribution in [0.2, 0.25) is 0 Å². The lowest BCUT2D eigenvalue weighted by molar-refractivity contribution is 0.579. The fraction of sp³-hybridized carbons (Fsp3) is 0.125. The first kappa shape index (κ1) is 13.9. The van der Waals surface area contributed by atoms with Gasteiger partial charge in [0.15, 0.2) is 5.82 Å². The normalized spacial score (nSPS) is 11.5. The monoisotopic (exact) mass is 347 g/mol. The summed E-state index contributed by atoms with van der Waals surface area (Å²) in [5.74, 6) is 5.69. The molecule has 0 aliphatic heterocycles. The molecule has 5 N–H and O–H groups in total. The van der Waals surface area contributed by atoms with Crippen molar-refractivity contribution < 1.29 is 8.42 Å². The Morgan fingerprint density at radius 2 is 2.21 bits per heavy atom. The number of nitrogen functional groups attached to an aromatic ring is 1. The van der Waals surface area contributed by atoms with Gasteiger partial charge < -0.3 is 5.43 Å². The predicted octanol–water partition coefficient (Wildman–Crippen LogP) is -0.274. The average Bonchev–Trinajstić information content (AvgIpc) is 2.89. The number of rotatable bonds is 5. The highest BCUT2D eigenvalue weighted by Crippen LogP contribution is 2.22. The van der Waals surface area contributed by atoms with Crippen LogP contribution < -0.4 is 16.0 Å². The summed E-state index contributed by atoms with van der Waals surface area (Å²) >= 11 is 3.16. The number of pyridine rings is 1. The molecule has 0 fully saturated rings. The van der Waals surface area contributed by atoms with Crippen LogP contribution in [0.4, 0.5) is 5.82 Å². The lowest BCUT2D eigenvalue weighted by Gasteiger charge is -2.09. The maximum absolute atomic E-state index is 12.1. The van der Waals surface area contributed by atoms with Crippen LogP contribution >= 0.6 is 15.9 Å². The molecule has 0 bridgehead atoms. The van der Waals surface area contributed by atoms with Gasteiger partial charge in [-0.1, -0.05) is 0 Å². The Morgan fingerprint density at radius 1 is 1.42 bits per heavy atom. The molecule has 9 nitrogen and oxygen atoms in total. The van der Waals surface area contributed by atoms with E-state index in [4.69, 9.17) is 5.84 Å². The van der Waals surface area contributed by atoms with Crippen molar-refractivity contribution in [3.8, 4) is 0 Å². The number of aromatic amines is 1. The lowest BCUT2D eigenvalue weighted by atomic mass is 10.5. The van der Waals surface area contributed by atoms with Crippen molar-refractivity contribution in [3.63, 3.8) is 0 Å². The van der Waals surface area contributed by atoms with Crippen LogP contribution in [0.25, 0.3) is 0 Å². The van der Waals surface area contributed by atoms with E-state index in [9.17, 15) is 8.42 Å². The maximum Gasteiger partial charge on any atom is 0.244 e. The van der Waals surface area contributed by atoms with Crippen molar-refractivity contribution in [2.45, 2.75) is 11.4 Å². The zero-order valence-corrected chi connectivity index (χ0v) is 11.9. The highest BCUT2D eigenvalue weighted by molar-refractivity contribution is 9.10. The first-order valence-electron chi connectivity index (χ1n) is 4.99. The third-order valence-electron chi connectivity index (χ3n) is 2.14. The molecule has 0 aliphatic carbocycles. The van der Waals surface area contributed by atoms with Gasteiger partial charge in [0, 0.05) is 10.7 Å². The minimum absolute atomic E-state index is 0.0150. The third kappa shape index (κ3) is 3.26. The number of nitrogens with one attached hydrogen (secondary N) is 3. The summed E-state index contributed by atoms with van der Waals surface area (Å²) in [4.78, 5) is 7.62. The van der Waals surface area contributed by atoms with E-state index in [1.54, 1.807) is 0 Å². The number of hydrazine groups is 1. The molecular weight excluding hydrogens is 338 g/mol. The van der Waals surface area contributed by atoms with Gasteiger partial charge in [0.1, 0.15) is 17.0 Å². The number of sulfonamides is 1. The largest absolute Gasteiger partial charge is 0.307 e. The van der Waals surface area contributed by atoms with E-state index in [1.165, 1.54) is 18.6 Å². The molecule has 2 aromatic rings. The molecule has 0 spiro atoms. The molecule has 2 rings (SSSR count). The van der Waals surface area contributed by atoms with E-state index >= 15 is 0 Å². The Balaban J connectivity index is 2.26. The Hall–Kier alpha value is -1.56. The second-order valence-corrected chi connectivity index (χ2v) is 6.05. The van der Waals surface area contributed by atoms with Crippen molar-refractivity contribution in [1.29, 1.82) is 0 Å². The summed E-state index contributed by atoms with van der Waals surface area (Å²) in [6.45, 7) is -0.0150. The van der Waals surface area contributed by atoms with Crippen molar-refractivity contribution in [1.82, 2.24) is 24.9 Å². The molecule has 0 unspecified atom stereocenters. The van der Waals surface area contributed by atoms with Crippen molar-refractivity contribution in [2.24, 2.45) is 5.84 Å². The van der Waals surface area contributed by atoms with Gasteiger partial charge in [-0.15, -0.1) is 0 Å². The Labute approximate surface area is 117 Å². The molecule has 102 valence electrons. The fourth-order valence-electron chi connectivity index (χ4n) is 1.29. The second kappa shape index (κ2) is 5.61. The fourth-order valence-corrected chi connectivity index (χ4v) is 2.90. The first-order valence-corrected chi connectivity index (χ1v) is 7.26. The quantitative estimate of drug-likeness (QED) is 0.431. The van der Waals surface area contributed by atoms with Crippen molar-refractivity contribution in [2.75, 3.05) is 5.43 Å². The van der Waals surface area contributed by atoms with E-state index in [2.05, 4.69) is 46.2 Å². The van der Waals surface area contributed by atoms with Crippen molar-refractivity contribution >= 4 is 31.8 Å². The van der Waals surface area contributed by atoms with Gasteiger partial charge in [0.05, 0.1) is 6.54 Å². The molecule has 0 saturated heterocycles. The summed E-state index contributed by atoms with van der Waals surface area (Å²) in [7, 11) is -3.77. The number of nitrogens with two attached hydrogens (primary N) is 1. The highest BCUT2D eigenvalue weighted by Gasteiger charge is 2.20. The number of halogens is 1. The van der Waals surface area contributed by atoms with Gasteiger partial charge in [0.25, 0.3) is 0 Å². The van der Waals surface area contributed by atoms with Gasteiger partial charge in [-0.2, -0.15) is 5.10 Å². The van der Waals surface area contributed by atoms with E-state index in [0.29, 0.717) is 10.3 Å². The first-order chi connectivity index (χ1) is 9.03. The zero-order valence-electron chi connectivity index (χ0n) is 9.46. The molecule has 0 saturated carbocycles. The van der Waals surface area contributed by atoms with Gasteiger partial charge in [0.2, 0.25) is 10.0 Å². The van der Waals surface area contributed by atoms with Crippen LogP contribution in [-0.2, 0) is 16.6 Å². The number of hydrogen-bond donors (Lipinski definition) is 4. The number of aromatic nitrogens is 4. The van der Waals surface area contributed by atoms with E-state index in [-0.39, 0.29) is 17.3 Å². The molecule has 0 atom stereocenters. The van der Waals surface area contributed by atoms with Crippen LogP contribution in [0.1, 0.15) is 5.82 Å². The number of nitrogens with zero attached hydrogens (tertiary/aromatic N) is 3. The molecule has 2 aromatic heterocycles. The Bertz CT molecular complexity index is 658. The molecule has 19 heavy (non-hydrogen) atoms. The number of anilines is 1. The van der Waals surface area contributed by atoms with Gasteiger partial charge in [-0.25, -0.2) is 29.0 Å². The molecule has 0 aromatic carbocycles. The predicted molar refractivity (Wildman–Crippen MR) is 70.2 cm³/mol. The second-order valence-electron chi connectivity index (χ2n) is 3.40. The SMILES string of the molecule is NNc1ncc(Br)cc1S(=O)(=O)NCc1ncn[nH]1. The number of hydrogen-bond acceptors (Lipinski definition) is 7. The van der Waals surface area contributed by atoms with Crippen molar-refractivity contribution in [3.05, 3.63) is 28.9 Å². The maximum atomic E-state index is 12.1. The van der Waals surface area contributed by atoms with Gasteiger partial charge in [-0.05, 0) is 22.0 Å². The smallest absolute Gasteiger partial charge is 0.244 e. The van der Waals surface area contributed by atoms with E-state index in [1.807, 2.05) is 0 Å². The molecular formula is C8H10BrN7O2S. The summed E-state index contributed by atoms with van der Waals surface area (Å²) in [5, 5.41) is 6.17. The van der Waals surface area contributed by atoms with Crippen LogP contribution in [0, 0.1) is 0 Å². The summed E-state index contributed by atoms with van der Waals surface area (Å²) in [6.07, 6.45) is 2.72. The van der Waals surface area contributed by atoms with E-state index in [0.717, 1.165) is 0 Å². The molecule has 0 radical (unpaired) electrons. The molecule has 2 heterocycles. The molecule has 0 aliphatic rings. The molecule has 0 amide bonds. The third-order valence-corrected chi connectivity index (χ3v) is 3.99. The average molecular weight is 348 g/mol. The van der Waals surface area contributed by atoms with E-state index < -0.39 is 10.0 Å². The van der Waals surface area contributed by atoms with Gasteiger partial charge >= 0.3 is 0 Å². The summed E-state index contributed by atoms with van der Waals surface area (Å²) in [5.41, 5.74) is 2.24. The van der Waals surface area contributed by atoms with Crippen LogP contribution in [0.3, 0.4) is 0 Å². The Morgan fingerprint density at radius 3 is 2.84 bits per heavy atom. The van der Waals surface area contributed by atoms with Crippen LogP contribution in [-0.4, -0.2) is 28.6 Å². The molecule has 11 heteroatoms. The lowest BCUT2D eigenvalue weighted by Crippen LogP contribution is -2.26. The minimum Gasteiger partial charge on any atom is -0.307 e. The van der Waals surface area contributed by atoms with Gasteiger partial charge in [-0.3, -0.25) is 5.10 Å². The van der Waals surface area contributed by atoms with Crippen LogP contribution in [0.15, 0.2) is 28.0 Å². The summed E-state index contributed by atoms with van der Waals surface area (Å²) in [6, 6.07) is 1.39. The highest BCUT2D eigenvalue weighted by atomic mass is 79.9.